The predicted octanol–water partition coefficient (Wildman–Crippen LogP) is 1.86. The molecular weight excluding hydrogens is 226 g/mol. The number of aromatic nitrogens is 2. The van der Waals surface area contributed by atoms with E-state index in [1.54, 1.807) is 0 Å². The molecule has 0 bridgehead atoms. The van der Waals surface area contributed by atoms with E-state index in [1.807, 2.05) is 17.9 Å². The minimum absolute atomic E-state index is 0.449. The average Bonchev–Trinajstić information content (AvgIpc) is 2.66. The van der Waals surface area contributed by atoms with E-state index in [9.17, 15) is 0 Å². The van der Waals surface area contributed by atoms with Crippen LogP contribution in [0.2, 0.25) is 0 Å². The molecule has 2 saturated carbocycles. The third-order valence-corrected chi connectivity index (χ3v) is 4.74. The first-order valence-corrected chi connectivity index (χ1v) is 7.08. The first-order valence-electron chi connectivity index (χ1n) is 7.08. The minimum Gasteiger partial charge on any atom is -0.378 e. The van der Waals surface area contributed by atoms with E-state index in [-0.39, 0.29) is 0 Å². The average molecular weight is 249 g/mol. The van der Waals surface area contributed by atoms with Crippen LogP contribution in [0.4, 0.5) is 0 Å². The first-order chi connectivity index (χ1) is 8.74. The molecule has 2 unspecified atom stereocenters. The Kier molecular flexibility index (Phi) is 3.16. The van der Waals surface area contributed by atoms with Gasteiger partial charge in [0.05, 0.1) is 11.8 Å². The molecule has 100 valence electrons. The highest BCUT2D eigenvalue weighted by Gasteiger charge is 2.58. The van der Waals surface area contributed by atoms with Crippen LogP contribution in [-0.2, 0) is 18.3 Å². The molecule has 4 nitrogen and oxygen atoms in total. The number of ether oxygens (including phenoxy) is 1. The Morgan fingerprint density at radius 3 is 2.94 bits per heavy atom. The molecule has 4 heteroatoms. The first kappa shape index (κ1) is 12.2. The van der Waals surface area contributed by atoms with Crippen LogP contribution >= 0.6 is 0 Å². The molecule has 2 fully saturated rings. The van der Waals surface area contributed by atoms with Crippen molar-refractivity contribution in [2.75, 3.05) is 6.61 Å². The number of hydrogen-bond acceptors (Lipinski definition) is 3. The molecule has 1 aromatic heterocycles. The fraction of sp³-hybridized carbons (Fsp3) is 0.786. The van der Waals surface area contributed by atoms with Gasteiger partial charge >= 0.3 is 0 Å². The van der Waals surface area contributed by atoms with Gasteiger partial charge < -0.3 is 10.1 Å². The zero-order valence-corrected chi connectivity index (χ0v) is 11.4. The lowest BCUT2D eigenvalue weighted by atomic mass is 9.51. The van der Waals surface area contributed by atoms with Gasteiger partial charge in [-0.25, -0.2) is 0 Å². The van der Waals surface area contributed by atoms with Gasteiger partial charge in [0.15, 0.2) is 0 Å². The Labute approximate surface area is 109 Å². The smallest absolute Gasteiger partial charge is 0.0762 e. The van der Waals surface area contributed by atoms with Crippen molar-refractivity contribution in [3.63, 3.8) is 0 Å². The summed E-state index contributed by atoms with van der Waals surface area (Å²) in [6.07, 6.45) is 7.69. The number of aryl methyl sites for hydroxylation is 1. The van der Waals surface area contributed by atoms with E-state index >= 15 is 0 Å². The summed E-state index contributed by atoms with van der Waals surface area (Å²) in [7, 11) is 1.96. The summed E-state index contributed by atoms with van der Waals surface area (Å²) in [5.74, 6) is 0. The highest BCUT2D eigenvalue weighted by Crippen LogP contribution is 2.57. The zero-order valence-electron chi connectivity index (χ0n) is 11.4. The molecule has 1 heterocycles. The molecular formula is C14H23N3O. The van der Waals surface area contributed by atoms with Crippen LogP contribution in [0.5, 0.6) is 0 Å². The lowest BCUT2D eigenvalue weighted by molar-refractivity contribution is -0.173. The lowest BCUT2D eigenvalue weighted by Gasteiger charge is -2.61. The van der Waals surface area contributed by atoms with Crippen molar-refractivity contribution in [2.45, 2.75) is 51.3 Å². The number of nitrogens with one attached hydrogen (secondary N) is 1. The Balaban J connectivity index is 1.55. The second-order valence-electron chi connectivity index (χ2n) is 5.68. The third kappa shape index (κ3) is 1.88. The summed E-state index contributed by atoms with van der Waals surface area (Å²) in [5.41, 5.74) is 1.58. The van der Waals surface area contributed by atoms with Crippen LogP contribution in [0.25, 0.3) is 0 Å². The van der Waals surface area contributed by atoms with E-state index in [4.69, 9.17) is 4.74 Å². The van der Waals surface area contributed by atoms with Gasteiger partial charge in [-0.15, -0.1) is 0 Å². The Bertz CT molecular complexity index is 411. The molecule has 18 heavy (non-hydrogen) atoms. The van der Waals surface area contributed by atoms with E-state index in [2.05, 4.69) is 23.4 Å². The van der Waals surface area contributed by atoms with Gasteiger partial charge in [-0.3, -0.25) is 4.68 Å². The topological polar surface area (TPSA) is 39.1 Å². The Morgan fingerprint density at radius 1 is 1.56 bits per heavy atom. The quantitative estimate of drug-likeness (QED) is 0.865. The van der Waals surface area contributed by atoms with Crippen molar-refractivity contribution < 1.29 is 4.74 Å². The molecule has 2 aliphatic carbocycles. The van der Waals surface area contributed by atoms with Crippen molar-refractivity contribution >= 4 is 0 Å². The number of rotatable bonds is 5. The van der Waals surface area contributed by atoms with Gasteiger partial charge in [0, 0.05) is 37.9 Å². The van der Waals surface area contributed by atoms with Gasteiger partial charge in [-0.1, -0.05) is 6.42 Å². The van der Waals surface area contributed by atoms with E-state index < -0.39 is 0 Å². The molecule has 0 aliphatic heterocycles. The molecule has 0 amide bonds. The number of nitrogens with zero attached hydrogens (tertiary/aromatic N) is 2. The maximum atomic E-state index is 5.86. The van der Waals surface area contributed by atoms with Crippen molar-refractivity contribution in [2.24, 2.45) is 12.5 Å². The Hall–Kier alpha value is -0.870. The molecule has 2 atom stereocenters. The number of hydrogen-bond donors (Lipinski definition) is 1. The molecule has 3 rings (SSSR count). The van der Waals surface area contributed by atoms with Gasteiger partial charge in [-0.05, 0) is 32.3 Å². The molecule has 0 radical (unpaired) electrons. The van der Waals surface area contributed by atoms with Crippen molar-refractivity contribution in [1.82, 2.24) is 15.1 Å². The summed E-state index contributed by atoms with van der Waals surface area (Å²) in [4.78, 5) is 0. The molecule has 0 aromatic carbocycles. The SMILES string of the molecule is CCOC1CC(NCc2ccn(C)n2)C12CCC2. The van der Waals surface area contributed by atoms with Crippen LogP contribution in [0.15, 0.2) is 12.3 Å². The van der Waals surface area contributed by atoms with Crippen molar-refractivity contribution in [1.29, 1.82) is 0 Å². The van der Waals surface area contributed by atoms with E-state index in [0.29, 0.717) is 17.6 Å². The van der Waals surface area contributed by atoms with Crippen molar-refractivity contribution in [3.05, 3.63) is 18.0 Å². The maximum Gasteiger partial charge on any atom is 0.0762 e. The molecule has 0 saturated heterocycles. The highest BCUT2D eigenvalue weighted by molar-refractivity contribution is 5.12. The fourth-order valence-electron chi connectivity index (χ4n) is 3.51. The molecule has 1 N–H and O–H groups in total. The van der Waals surface area contributed by atoms with E-state index in [0.717, 1.165) is 18.8 Å². The second-order valence-corrected chi connectivity index (χ2v) is 5.68. The molecule has 2 aliphatic rings. The van der Waals surface area contributed by atoms with Crippen LogP contribution in [0.1, 0.15) is 38.3 Å². The van der Waals surface area contributed by atoms with Crippen LogP contribution in [-0.4, -0.2) is 28.5 Å². The highest BCUT2D eigenvalue weighted by atomic mass is 16.5. The summed E-state index contributed by atoms with van der Waals surface area (Å²) in [5, 5.41) is 8.08. The summed E-state index contributed by atoms with van der Waals surface area (Å²) < 4.78 is 7.72. The second kappa shape index (κ2) is 4.67. The predicted molar refractivity (Wildman–Crippen MR) is 70.2 cm³/mol. The Morgan fingerprint density at radius 2 is 2.39 bits per heavy atom. The summed E-state index contributed by atoms with van der Waals surface area (Å²) in [6, 6.07) is 2.71. The minimum atomic E-state index is 0.449. The maximum absolute atomic E-state index is 5.86. The summed E-state index contributed by atoms with van der Waals surface area (Å²) >= 11 is 0. The largest absolute Gasteiger partial charge is 0.378 e. The van der Waals surface area contributed by atoms with Crippen molar-refractivity contribution in [3.8, 4) is 0 Å². The lowest BCUT2D eigenvalue weighted by Crippen LogP contribution is -2.66. The van der Waals surface area contributed by atoms with Crippen LogP contribution < -0.4 is 5.32 Å². The molecule has 1 aromatic rings. The third-order valence-electron chi connectivity index (χ3n) is 4.74. The van der Waals surface area contributed by atoms with Gasteiger partial charge in [-0.2, -0.15) is 5.10 Å². The van der Waals surface area contributed by atoms with Crippen LogP contribution in [0, 0.1) is 5.41 Å². The fourth-order valence-corrected chi connectivity index (χ4v) is 3.51. The van der Waals surface area contributed by atoms with Gasteiger partial charge in [0.2, 0.25) is 0 Å². The van der Waals surface area contributed by atoms with Gasteiger partial charge in [0.25, 0.3) is 0 Å². The summed E-state index contributed by atoms with van der Waals surface area (Å²) in [6.45, 7) is 3.83. The molecule has 1 spiro atoms. The van der Waals surface area contributed by atoms with Gasteiger partial charge in [0.1, 0.15) is 0 Å². The standard InChI is InChI=1S/C14H23N3O/c1-3-18-13-9-12(14(13)6-4-7-14)15-10-11-5-8-17(2)16-11/h5,8,12-13,15H,3-4,6-7,9-10H2,1-2H3. The zero-order chi connectivity index (χ0) is 12.6. The normalized spacial score (nSPS) is 29.0. The van der Waals surface area contributed by atoms with Crippen LogP contribution in [0.3, 0.4) is 0 Å². The monoisotopic (exact) mass is 249 g/mol. The van der Waals surface area contributed by atoms with E-state index in [1.165, 1.54) is 25.7 Å².